The van der Waals surface area contributed by atoms with Gasteiger partial charge in [0.1, 0.15) is 12.4 Å². The molecule has 2 rings (SSSR count). The Labute approximate surface area is 211 Å². The van der Waals surface area contributed by atoms with Gasteiger partial charge in [0.2, 0.25) is 0 Å². The van der Waals surface area contributed by atoms with E-state index in [1.54, 1.807) is 13.0 Å². The minimum absolute atomic E-state index is 0.326. The number of carbonyl (C=O) groups is 1. The highest BCUT2D eigenvalue weighted by atomic mass is 127. The Balaban J connectivity index is 1.90. The monoisotopic (exact) mass is 728 g/mol. The molecule has 1 atom stereocenters. The molecule has 0 aliphatic heterocycles. The highest BCUT2D eigenvalue weighted by molar-refractivity contribution is 14.1. The first-order valence-electron chi connectivity index (χ1n) is 8.77. The molecule has 2 aromatic rings. The first-order chi connectivity index (χ1) is 13.9. The predicted molar refractivity (Wildman–Crippen MR) is 139 cm³/mol. The summed E-state index contributed by atoms with van der Waals surface area (Å²) in [5.41, 5.74) is 1.89. The smallest absolute Gasteiger partial charge is 0.333 e. The van der Waals surface area contributed by atoms with Crippen molar-refractivity contribution in [2.75, 3.05) is 13.2 Å². The van der Waals surface area contributed by atoms with E-state index in [1.807, 2.05) is 36.4 Å². The van der Waals surface area contributed by atoms with Crippen LogP contribution in [0.15, 0.2) is 48.6 Å². The van der Waals surface area contributed by atoms with Crippen LogP contribution in [-0.2, 0) is 16.0 Å². The van der Waals surface area contributed by atoms with Crippen molar-refractivity contribution < 1.29 is 19.4 Å². The molecule has 0 unspecified atom stereocenters. The summed E-state index contributed by atoms with van der Waals surface area (Å²) in [6, 6.07) is 11.8. The van der Waals surface area contributed by atoms with E-state index in [-0.39, 0.29) is 0 Å². The first-order valence-corrected chi connectivity index (χ1v) is 12.0. The molecule has 29 heavy (non-hydrogen) atoms. The second-order valence-electron chi connectivity index (χ2n) is 5.89. The minimum Gasteiger partial charge on any atom is -0.488 e. The van der Waals surface area contributed by atoms with E-state index in [2.05, 4.69) is 85.7 Å². The normalized spacial score (nSPS) is 11.7. The second-order valence-corrected chi connectivity index (χ2v) is 9.55. The number of carboxylic acids is 1. The van der Waals surface area contributed by atoms with Gasteiger partial charge in [-0.25, -0.2) is 4.79 Å². The Kier molecular flexibility index (Phi) is 10.8. The standard InChI is InChI=1S/C22H19I3O4/c1-2-28-21(22(26)27)13-16-7-8-20(19(25)12-16)29-9-5-3-4-6-15-10-17(23)14-18(24)11-15/h3,5,7-8,10-12,14,21H,2,9,13H2,1H3,(H,26,27)/b5-3+/t21-/m0/s1. The molecule has 0 saturated carbocycles. The molecule has 152 valence electrons. The number of carboxylic acid groups (broad SMARTS) is 1. The summed E-state index contributed by atoms with van der Waals surface area (Å²) in [6.45, 7) is 2.56. The Morgan fingerprint density at radius 3 is 2.52 bits per heavy atom. The maximum absolute atomic E-state index is 11.2. The zero-order valence-corrected chi connectivity index (χ0v) is 22.1. The molecule has 0 heterocycles. The van der Waals surface area contributed by atoms with E-state index in [0.717, 1.165) is 20.4 Å². The van der Waals surface area contributed by atoms with E-state index >= 15 is 0 Å². The predicted octanol–water partition coefficient (Wildman–Crippen LogP) is 5.52. The largest absolute Gasteiger partial charge is 0.488 e. The van der Waals surface area contributed by atoms with Crippen LogP contribution in [0.4, 0.5) is 0 Å². The Bertz CT molecular complexity index is 925. The third-order valence-corrected chi connectivity index (χ3v) is 5.76. The van der Waals surface area contributed by atoms with Crippen molar-refractivity contribution in [3.8, 4) is 17.6 Å². The number of halogens is 3. The number of benzene rings is 2. The molecule has 0 aliphatic carbocycles. The molecule has 1 N–H and O–H groups in total. The van der Waals surface area contributed by atoms with Gasteiger partial charge in [-0.15, -0.1) is 0 Å². The fourth-order valence-corrected chi connectivity index (χ4v) is 5.09. The van der Waals surface area contributed by atoms with Crippen molar-refractivity contribution in [2.24, 2.45) is 0 Å². The van der Waals surface area contributed by atoms with Gasteiger partial charge in [-0.2, -0.15) is 0 Å². The van der Waals surface area contributed by atoms with E-state index < -0.39 is 12.1 Å². The van der Waals surface area contributed by atoms with E-state index in [4.69, 9.17) is 9.47 Å². The van der Waals surface area contributed by atoms with Gasteiger partial charge in [0.05, 0.1) is 3.57 Å². The molecule has 7 heteroatoms. The van der Waals surface area contributed by atoms with Crippen LogP contribution in [0.3, 0.4) is 0 Å². The van der Waals surface area contributed by atoms with Crippen LogP contribution >= 0.6 is 67.8 Å². The maximum Gasteiger partial charge on any atom is 0.333 e. The molecule has 0 spiro atoms. The number of aliphatic carboxylic acids is 1. The molecule has 0 amide bonds. The summed E-state index contributed by atoms with van der Waals surface area (Å²) in [4.78, 5) is 11.2. The number of allylic oxidation sites excluding steroid dienone is 1. The summed E-state index contributed by atoms with van der Waals surface area (Å²) < 4.78 is 14.3. The van der Waals surface area contributed by atoms with E-state index in [9.17, 15) is 9.90 Å². The van der Waals surface area contributed by atoms with Crippen molar-refractivity contribution in [1.29, 1.82) is 0 Å². The molecule has 0 saturated heterocycles. The summed E-state index contributed by atoms with van der Waals surface area (Å²) in [7, 11) is 0. The average Bonchev–Trinajstić information content (AvgIpc) is 2.64. The third kappa shape index (κ3) is 8.82. The van der Waals surface area contributed by atoms with Crippen LogP contribution in [0.1, 0.15) is 18.1 Å². The lowest BCUT2D eigenvalue weighted by Crippen LogP contribution is -2.26. The molecule has 0 bridgehead atoms. The summed E-state index contributed by atoms with van der Waals surface area (Å²) >= 11 is 6.75. The van der Waals surface area contributed by atoms with Crippen molar-refractivity contribution in [2.45, 2.75) is 19.4 Å². The topological polar surface area (TPSA) is 55.8 Å². The van der Waals surface area contributed by atoms with Crippen LogP contribution in [0, 0.1) is 22.6 Å². The van der Waals surface area contributed by atoms with Gasteiger partial charge in [-0.3, -0.25) is 0 Å². The summed E-state index contributed by atoms with van der Waals surface area (Å²) in [5, 5.41) is 9.21. The molecule has 0 aromatic heterocycles. The molecule has 0 aliphatic rings. The van der Waals surface area contributed by atoms with Gasteiger partial charge in [0.25, 0.3) is 0 Å². The van der Waals surface area contributed by atoms with Gasteiger partial charge in [0, 0.05) is 25.7 Å². The number of rotatable bonds is 8. The van der Waals surface area contributed by atoms with Crippen LogP contribution in [0.5, 0.6) is 5.75 Å². The third-order valence-electron chi connectivity index (χ3n) is 3.68. The average molecular weight is 728 g/mol. The van der Waals surface area contributed by atoms with Crippen LogP contribution in [0.2, 0.25) is 0 Å². The highest BCUT2D eigenvalue weighted by Crippen LogP contribution is 2.23. The van der Waals surface area contributed by atoms with E-state index in [1.165, 1.54) is 7.14 Å². The second kappa shape index (κ2) is 12.8. The van der Waals surface area contributed by atoms with Gasteiger partial charge in [-0.1, -0.05) is 17.9 Å². The zero-order chi connectivity index (χ0) is 21.2. The Morgan fingerprint density at radius 2 is 1.90 bits per heavy atom. The molecule has 4 nitrogen and oxygen atoms in total. The van der Waals surface area contributed by atoms with Gasteiger partial charge in [-0.05, 0) is 123 Å². The zero-order valence-electron chi connectivity index (χ0n) is 15.6. The van der Waals surface area contributed by atoms with Crippen LogP contribution in [-0.4, -0.2) is 30.4 Å². The van der Waals surface area contributed by atoms with E-state index in [0.29, 0.717) is 19.6 Å². The van der Waals surface area contributed by atoms with Crippen LogP contribution in [0.25, 0.3) is 0 Å². The quantitative estimate of drug-likeness (QED) is 0.288. The number of ether oxygens (including phenoxy) is 2. The van der Waals surface area contributed by atoms with Crippen LogP contribution < -0.4 is 4.74 Å². The number of hydrogen-bond acceptors (Lipinski definition) is 3. The first kappa shape index (κ1) is 24.4. The van der Waals surface area contributed by atoms with Gasteiger partial charge >= 0.3 is 5.97 Å². The minimum atomic E-state index is -0.951. The molecule has 0 radical (unpaired) electrons. The summed E-state index contributed by atoms with van der Waals surface area (Å²) in [5.74, 6) is 5.94. The molecule has 0 fully saturated rings. The van der Waals surface area contributed by atoms with Gasteiger partial charge in [0.15, 0.2) is 6.10 Å². The maximum atomic E-state index is 11.2. The molecular formula is C22H19I3O4. The fourth-order valence-electron chi connectivity index (χ4n) is 2.42. The lowest BCUT2D eigenvalue weighted by molar-refractivity contribution is -0.149. The Morgan fingerprint density at radius 1 is 1.17 bits per heavy atom. The van der Waals surface area contributed by atoms with Gasteiger partial charge < -0.3 is 14.6 Å². The fraction of sp³-hybridized carbons (Fsp3) is 0.227. The Hall–Kier alpha value is -0.840. The molecule has 2 aromatic carbocycles. The molecular weight excluding hydrogens is 709 g/mol. The highest BCUT2D eigenvalue weighted by Gasteiger charge is 2.18. The van der Waals surface area contributed by atoms with Crippen molar-refractivity contribution >= 4 is 73.7 Å². The summed E-state index contributed by atoms with van der Waals surface area (Å²) in [6.07, 6.45) is 3.14. The van der Waals surface area contributed by atoms with Crippen molar-refractivity contribution in [3.05, 3.63) is 70.4 Å². The lowest BCUT2D eigenvalue weighted by Gasteiger charge is -2.13. The number of hydrogen-bond donors (Lipinski definition) is 1. The van der Waals surface area contributed by atoms with Crippen molar-refractivity contribution in [3.63, 3.8) is 0 Å². The van der Waals surface area contributed by atoms with Crippen molar-refractivity contribution in [1.82, 2.24) is 0 Å². The SMILES string of the molecule is CCO[C@@H](Cc1ccc(OC/C=C/C#Cc2cc(I)cc(I)c2)c(I)c1)C(=O)O. The lowest BCUT2D eigenvalue weighted by atomic mass is 10.1.